The van der Waals surface area contributed by atoms with Gasteiger partial charge in [-0.2, -0.15) is 0 Å². The van der Waals surface area contributed by atoms with Crippen molar-refractivity contribution >= 4 is 5.91 Å². The van der Waals surface area contributed by atoms with Crippen molar-refractivity contribution in [3.63, 3.8) is 0 Å². The lowest BCUT2D eigenvalue weighted by Crippen LogP contribution is -2.28. The molecule has 0 radical (unpaired) electrons. The van der Waals surface area contributed by atoms with Crippen molar-refractivity contribution in [2.45, 2.75) is 64.7 Å². The van der Waals surface area contributed by atoms with Crippen molar-refractivity contribution in [2.75, 3.05) is 13.1 Å². The van der Waals surface area contributed by atoms with Gasteiger partial charge in [0.15, 0.2) is 0 Å². The molecule has 0 saturated heterocycles. The molecule has 18 heavy (non-hydrogen) atoms. The van der Waals surface area contributed by atoms with Gasteiger partial charge in [-0.15, -0.1) is 0 Å². The molecule has 3 N–H and O–H groups in total. The predicted molar refractivity (Wildman–Crippen MR) is 76.3 cm³/mol. The molecule has 3 nitrogen and oxygen atoms in total. The maximum absolute atomic E-state index is 11.8. The van der Waals surface area contributed by atoms with E-state index in [9.17, 15) is 4.79 Å². The molecule has 0 heterocycles. The highest BCUT2D eigenvalue weighted by Gasteiger charge is 2.16. The van der Waals surface area contributed by atoms with Gasteiger partial charge in [0, 0.05) is 13.0 Å². The van der Waals surface area contributed by atoms with Crippen LogP contribution < -0.4 is 11.1 Å². The van der Waals surface area contributed by atoms with Crippen molar-refractivity contribution in [2.24, 2.45) is 17.6 Å². The summed E-state index contributed by atoms with van der Waals surface area (Å²) in [6, 6.07) is 0. The van der Waals surface area contributed by atoms with Crippen LogP contribution in [0.15, 0.2) is 0 Å². The average molecular weight is 254 g/mol. The molecule has 3 heteroatoms. The van der Waals surface area contributed by atoms with Crippen LogP contribution >= 0.6 is 0 Å². The monoisotopic (exact) mass is 254 g/mol. The van der Waals surface area contributed by atoms with Gasteiger partial charge in [0.05, 0.1) is 0 Å². The van der Waals surface area contributed by atoms with Gasteiger partial charge in [-0.1, -0.05) is 32.6 Å². The number of nitrogens with two attached hydrogens (primary N) is 1. The van der Waals surface area contributed by atoms with E-state index in [2.05, 4.69) is 12.2 Å². The van der Waals surface area contributed by atoms with Gasteiger partial charge >= 0.3 is 0 Å². The lowest BCUT2D eigenvalue weighted by Gasteiger charge is -2.15. The lowest BCUT2D eigenvalue weighted by molar-refractivity contribution is -0.121. The third kappa shape index (κ3) is 6.39. The summed E-state index contributed by atoms with van der Waals surface area (Å²) in [5, 5.41) is 3.09. The van der Waals surface area contributed by atoms with E-state index in [0.717, 1.165) is 31.8 Å². The summed E-state index contributed by atoms with van der Waals surface area (Å²) in [6.07, 6.45) is 10.4. The molecule has 0 aromatic carbocycles. The molecule has 1 rings (SSSR count). The first-order valence-corrected chi connectivity index (χ1v) is 7.73. The fourth-order valence-electron chi connectivity index (χ4n) is 2.97. The first kappa shape index (κ1) is 15.5. The van der Waals surface area contributed by atoms with Gasteiger partial charge in [0.25, 0.3) is 0 Å². The summed E-state index contributed by atoms with van der Waals surface area (Å²) >= 11 is 0. The zero-order valence-electron chi connectivity index (χ0n) is 11.9. The van der Waals surface area contributed by atoms with Gasteiger partial charge < -0.3 is 11.1 Å². The third-order valence-electron chi connectivity index (χ3n) is 4.11. The minimum absolute atomic E-state index is 0.236. The largest absolute Gasteiger partial charge is 0.356 e. The summed E-state index contributed by atoms with van der Waals surface area (Å²) < 4.78 is 0. The second-order valence-corrected chi connectivity index (χ2v) is 5.73. The van der Waals surface area contributed by atoms with E-state index in [-0.39, 0.29) is 5.91 Å². The van der Waals surface area contributed by atoms with E-state index in [0.29, 0.717) is 12.3 Å². The molecule has 1 unspecified atom stereocenters. The van der Waals surface area contributed by atoms with Crippen LogP contribution in [0.4, 0.5) is 0 Å². The van der Waals surface area contributed by atoms with Gasteiger partial charge in [-0.3, -0.25) is 4.79 Å². The summed E-state index contributed by atoms with van der Waals surface area (Å²) in [5.74, 6) is 1.61. The number of hydrogen-bond acceptors (Lipinski definition) is 2. The molecule has 1 atom stereocenters. The predicted octanol–water partition coefficient (Wildman–Crippen LogP) is 2.84. The molecule has 1 amide bonds. The second kappa shape index (κ2) is 9.37. The Morgan fingerprint density at radius 2 is 2.00 bits per heavy atom. The molecule has 0 bridgehead atoms. The Hall–Kier alpha value is -0.570. The molecule has 106 valence electrons. The zero-order valence-corrected chi connectivity index (χ0v) is 11.9. The normalized spacial score (nSPS) is 17.9. The Kier molecular flexibility index (Phi) is 8.06. The quantitative estimate of drug-likeness (QED) is 0.665. The summed E-state index contributed by atoms with van der Waals surface area (Å²) in [4.78, 5) is 11.8. The van der Waals surface area contributed by atoms with Crippen molar-refractivity contribution in [3.8, 4) is 0 Å². The summed E-state index contributed by atoms with van der Waals surface area (Å²) in [6.45, 7) is 3.84. The van der Waals surface area contributed by atoms with E-state index in [1.165, 1.54) is 38.5 Å². The number of hydrogen-bond donors (Lipinski definition) is 2. The maximum atomic E-state index is 11.8. The molecule has 1 saturated carbocycles. The van der Waals surface area contributed by atoms with Crippen LogP contribution in [0.2, 0.25) is 0 Å². The van der Waals surface area contributed by atoms with E-state index in [1.54, 1.807) is 0 Å². The van der Waals surface area contributed by atoms with Crippen LogP contribution in [0.25, 0.3) is 0 Å². The van der Waals surface area contributed by atoms with Gasteiger partial charge in [-0.05, 0) is 44.1 Å². The van der Waals surface area contributed by atoms with Crippen LogP contribution in [0.1, 0.15) is 64.7 Å². The molecular formula is C15H30N2O. The van der Waals surface area contributed by atoms with Crippen LogP contribution in [0.5, 0.6) is 0 Å². The fraction of sp³-hybridized carbons (Fsp3) is 0.933. The molecule has 0 aliphatic heterocycles. The van der Waals surface area contributed by atoms with E-state index >= 15 is 0 Å². The number of carbonyl (C=O) groups is 1. The van der Waals surface area contributed by atoms with E-state index < -0.39 is 0 Å². The number of nitrogens with one attached hydrogen (secondary N) is 1. The molecule has 1 fully saturated rings. The topological polar surface area (TPSA) is 55.1 Å². The van der Waals surface area contributed by atoms with Gasteiger partial charge in [0.2, 0.25) is 5.91 Å². The van der Waals surface area contributed by atoms with Crippen molar-refractivity contribution in [3.05, 3.63) is 0 Å². The van der Waals surface area contributed by atoms with Crippen LogP contribution in [-0.4, -0.2) is 19.0 Å². The molecule has 0 aromatic rings. The molecule has 0 aromatic heterocycles. The minimum Gasteiger partial charge on any atom is -0.356 e. The number of amides is 1. The fourth-order valence-corrected chi connectivity index (χ4v) is 2.97. The number of rotatable bonds is 9. The Morgan fingerprint density at radius 1 is 1.28 bits per heavy atom. The summed E-state index contributed by atoms with van der Waals surface area (Å²) in [7, 11) is 0. The van der Waals surface area contributed by atoms with Crippen molar-refractivity contribution in [1.82, 2.24) is 5.32 Å². The Morgan fingerprint density at radius 3 is 2.61 bits per heavy atom. The van der Waals surface area contributed by atoms with Gasteiger partial charge in [-0.25, -0.2) is 0 Å². The highest BCUT2D eigenvalue weighted by Crippen LogP contribution is 2.23. The molecule has 1 aliphatic carbocycles. The van der Waals surface area contributed by atoms with Crippen molar-refractivity contribution < 1.29 is 4.79 Å². The minimum atomic E-state index is 0.236. The Balaban J connectivity index is 2.10. The SMILES string of the molecule is CCCC(CCN)CCC(=O)NCC1CCCC1. The number of carbonyl (C=O) groups excluding carboxylic acids is 1. The smallest absolute Gasteiger partial charge is 0.220 e. The van der Waals surface area contributed by atoms with Crippen molar-refractivity contribution in [1.29, 1.82) is 0 Å². The van der Waals surface area contributed by atoms with Crippen LogP contribution in [0, 0.1) is 11.8 Å². The average Bonchev–Trinajstić information content (AvgIpc) is 2.87. The van der Waals surface area contributed by atoms with E-state index in [1.807, 2.05) is 0 Å². The maximum Gasteiger partial charge on any atom is 0.220 e. The molecular weight excluding hydrogens is 224 g/mol. The highest BCUT2D eigenvalue weighted by molar-refractivity contribution is 5.75. The van der Waals surface area contributed by atoms with E-state index in [4.69, 9.17) is 5.73 Å². The lowest BCUT2D eigenvalue weighted by atomic mass is 9.94. The standard InChI is InChI=1S/C15H30N2O/c1-2-5-13(10-11-16)8-9-15(18)17-12-14-6-3-4-7-14/h13-14H,2-12,16H2,1H3,(H,17,18). The van der Waals surface area contributed by atoms with Gasteiger partial charge in [0.1, 0.15) is 0 Å². The zero-order chi connectivity index (χ0) is 13.2. The summed E-state index contributed by atoms with van der Waals surface area (Å²) in [5.41, 5.74) is 5.61. The third-order valence-corrected chi connectivity index (χ3v) is 4.11. The first-order chi connectivity index (χ1) is 8.76. The Labute approximate surface area is 112 Å². The van der Waals surface area contributed by atoms with Crippen LogP contribution in [0.3, 0.4) is 0 Å². The highest BCUT2D eigenvalue weighted by atomic mass is 16.1. The molecule has 0 spiro atoms. The first-order valence-electron chi connectivity index (χ1n) is 7.73. The second-order valence-electron chi connectivity index (χ2n) is 5.73. The Bertz CT molecular complexity index is 219. The molecule has 1 aliphatic rings. The van der Waals surface area contributed by atoms with Crippen LogP contribution in [-0.2, 0) is 4.79 Å².